The maximum Gasteiger partial charge on any atom is 0.120 e. The third kappa shape index (κ3) is 2.54. The summed E-state index contributed by atoms with van der Waals surface area (Å²) in [6.45, 7) is 2.90. The summed E-state index contributed by atoms with van der Waals surface area (Å²) in [7, 11) is 0. The first-order chi connectivity index (χ1) is 6.15. The van der Waals surface area contributed by atoms with Gasteiger partial charge in [0.2, 0.25) is 0 Å². The molecule has 0 aromatic carbocycles. The van der Waals surface area contributed by atoms with E-state index in [1.54, 1.807) is 0 Å². The fourth-order valence-corrected chi connectivity index (χ4v) is 1.38. The lowest BCUT2D eigenvalue weighted by Crippen LogP contribution is -2.19. The predicted molar refractivity (Wildman–Crippen MR) is 56.6 cm³/mol. The van der Waals surface area contributed by atoms with Crippen molar-refractivity contribution in [2.24, 2.45) is 11.7 Å². The van der Waals surface area contributed by atoms with Crippen LogP contribution in [0.1, 0.15) is 12.6 Å². The van der Waals surface area contributed by atoms with Crippen molar-refractivity contribution in [1.82, 2.24) is 4.57 Å². The smallest absolute Gasteiger partial charge is 0.120 e. The van der Waals surface area contributed by atoms with Gasteiger partial charge in [-0.25, -0.2) is 0 Å². The minimum atomic E-state index is 0.176. The van der Waals surface area contributed by atoms with Gasteiger partial charge in [0.25, 0.3) is 0 Å². The SMILES string of the molecule is CC(CO)Cn1cccc1C(N)=S. The van der Waals surface area contributed by atoms with Crippen molar-refractivity contribution >= 4 is 17.2 Å². The molecule has 1 aromatic heterocycles. The number of hydrogen-bond acceptors (Lipinski definition) is 2. The lowest BCUT2D eigenvalue weighted by atomic mass is 10.2. The maximum atomic E-state index is 8.89. The van der Waals surface area contributed by atoms with Gasteiger partial charge in [0.1, 0.15) is 4.99 Å². The highest BCUT2D eigenvalue weighted by Gasteiger charge is 2.06. The summed E-state index contributed by atoms with van der Waals surface area (Å²) in [5.74, 6) is 0.223. The molecule has 0 spiro atoms. The van der Waals surface area contributed by atoms with Crippen LogP contribution in [0.15, 0.2) is 18.3 Å². The van der Waals surface area contributed by atoms with Gasteiger partial charge in [-0.3, -0.25) is 0 Å². The van der Waals surface area contributed by atoms with E-state index >= 15 is 0 Å². The van der Waals surface area contributed by atoms with Gasteiger partial charge in [0.15, 0.2) is 0 Å². The Hall–Kier alpha value is -0.870. The first kappa shape index (κ1) is 10.2. The van der Waals surface area contributed by atoms with E-state index in [0.717, 1.165) is 12.2 Å². The highest BCUT2D eigenvalue weighted by molar-refractivity contribution is 7.80. The number of thiocarbonyl (C=S) groups is 1. The average molecular weight is 198 g/mol. The number of nitrogens with two attached hydrogens (primary N) is 1. The Labute approximate surface area is 83.2 Å². The van der Waals surface area contributed by atoms with Gasteiger partial charge >= 0.3 is 0 Å². The highest BCUT2D eigenvalue weighted by Crippen LogP contribution is 2.06. The molecule has 0 bridgehead atoms. The zero-order valence-electron chi connectivity index (χ0n) is 7.60. The third-order valence-electron chi connectivity index (χ3n) is 1.90. The zero-order chi connectivity index (χ0) is 9.84. The van der Waals surface area contributed by atoms with Gasteiger partial charge in [0, 0.05) is 19.3 Å². The largest absolute Gasteiger partial charge is 0.396 e. The van der Waals surface area contributed by atoms with Crippen molar-refractivity contribution in [3.05, 3.63) is 24.0 Å². The van der Waals surface area contributed by atoms with Gasteiger partial charge in [-0.1, -0.05) is 19.1 Å². The molecule has 0 fully saturated rings. The summed E-state index contributed by atoms with van der Waals surface area (Å²) in [6.07, 6.45) is 1.92. The van der Waals surface area contributed by atoms with Crippen LogP contribution < -0.4 is 5.73 Å². The summed E-state index contributed by atoms with van der Waals surface area (Å²) >= 11 is 4.89. The van der Waals surface area contributed by atoms with Crippen LogP contribution in [0.4, 0.5) is 0 Å². The van der Waals surface area contributed by atoms with Crippen molar-refractivity contribution in [2.45, 2.75) is 13.5 Å². The Morgan fingerprint density at radius 1 is 1.77 bits per heavy atom. The van der Waals surface area contributed by atoms with E-state index in [-0.39, 0.29) is 12.5 Å². The summed E-state index contributed by atoms with van der Waals surface area (Å²) in [5.41, 5.74) is 6.38. The van der Waals surface area contributed by atoms with Crippen molar-refractivity contribution < 1.29 is 5.11 Å². The average Bonchev–Trinajstić information content (AvgIpc) is 2.52. The van der Waals surface area contributed by atoms with E-state index in [0.29, 0.717) is 4.99 Å². The van der Waals surface area contributed by atoms with Crippen molar-refractivity contribution in [2.75, 3.05) is 6.61 Å². The van der Waals surface area contributed by atoms with Gasteiger partial charge in [-0.15, -0.1) is 0 Å². The number of aliphatic hydroxyl groups is 1. The van der Waals surface area contributed by atoms with Crippen LogP contribution in [-0.2, 0) is 6.54 Å². The quantitative estimate of drug-likeness (QED) is 0.702. The molecule has 13 heavy (non-hydrogen) atoms. The molecule has 0 amide bonds. The number of hydrogen-bond donors (Lipinski definition) is 2. The number of aromatic nitrogens is 1. The van der Waals surface area contributed by atoms with E-state index in [1.165, 1.54) is 0 Å². The molecule has 1 aromatic rings. The van der Waals surface area contributed by atoms with Crippen molar-refractivity contribution in [1.29, 1.82) is 0 Å². The monoisotopic (exact) mass is 198 g/mol. The summed E-state index contributed by atoms with van der Waals surface area (Å²) in [6, 6.07) is 3.78. The van der Waals surface area contributed by atoms with Crippen LogP contribution in [0, 0.1) is 5.92 Å². The van der Waals surface area contributed by atoms with E-state index in [2.05, 4.69) is 0 Å². The maximum absolute atomic E-state index is 8.89. The van der Waals surface area contributed by atoms with Crippen LogP contribution in [0.25, 0.3) is 0 Å². The molecular weight excluding hydrogens is 184 g/mol. The molecule has 1 atom stereocenters. The van der Waals surface area contributed by atoms with Crippen LogP contribution in [0.5, 0.6) is 0 Å². The molecule has 1 rings (SSSR count). The molecule has 0 saturated carbocycles. The number of aliphatic hydroxyl groups excluding tert-OH is 1. The summed E-state index contributed by atoms with van der Waals surface area (Å²) in [5, 5.41) is 8.89. The second-order valence-corrected chi connectivity index (χ2v) is 3.64. The van der Waals surface area contributed by atoms with Crippen LogP contribution in [-0.4, -0.2) is 21.3 Å². The molecule has 0 radical (unpaired) electrons. The molecule has 3 N–H and O–H groups in total. The minimum absolute atomic E-state index is 0.176. The highest BCUT2D eigenvalue weighted by atomic mass is 32.1. The molecule has 1 heterocycles. The van der Waals surface area contributed by atoms with E-state index in [4.69, 9.17) is 23.1 Å². The first-order valence-electron chi connectivity index (χ1n) is 4.21. The van der Waals surface area contributed by atoms with Gasteiger partial charge in [0.05, 0.1) is 5.69 Å². The topological polar surface area (TPSA) is 51.2 Å². The molecule has 0 saturated heterocycles. The van der Waals surface area contributed by atoms with Gasteiger partial charge in [-0.05, 0) is 18.1 Å². The van der Waals surface area contributed by atoms with Crippen LogP contribution in [0.3, 0.4) is 0 Å². The molecule has 0 aliphatic carbocycles. The first-order valence-corrected chi connectivity index (χ1v) is 4.61. The van der Waals surface area contributed by atoms with E-state index in [1.807, 2.05) is 29.8 Å². The van der Waals surface area contributed by atoms with E-state index < -0.39 is 0 Å². The fourth-order valence-electron chi connectivity index (χ4n) is 1.19. The molecular formula is C9H14N2OS. The van der Waals surface area contributed by atoms with Crippen molar-refractivity contribution in [3.63, 3.8) is 0 Å². The van der Waals surface area contributed by atoms with Gasteiger partial charge < -0.3 is 15.4 Å². The van der Waals surface area contributed by atoms with Crippen molar-refractivity contribution in [3.8, 4) is 0 Å². The Kier molecular flexibility index (Phi) is 3.45. The third-order valence-corrected chi connectivity index (χ3v) is 2.11. The minimum Gasteiger partial charge on any atom is -0.396 e. The Balaban J connectivity index is 2.76. The number of rotatable bonds is 4. The fraction of sp³-hybridized carbons (Fsp3) is 0.444. The summed E-state index contributed by atoms with van der Waals surface area (Å²) in [4.78, 5) is 0.398. The Bertz CT molecular complexity index is 296. The molecule has 3 nitrogen and oxygen atoms in total. The van der Waals surface area contributed by atoms with Crippen LogP contribution >= 0.6 is 12.2 Å². The normalized spacial score (nSPS) is 12.8. The molecule has 0 aliphatic heterocycles. The second kappa shape index (κ2) is 4.39. The Morgan fingerprint density at radius 3 is 3.00 bits per heavy atom. The molecule has 72 valence electrons. The van der Waals surface area contributed by atoms with Gasteiger partial charge in [-0.2, -0.15) is 0 Å². The lowest BCUT2D eigenvalue weighted by Gasteiger charge is -2.12. The second-order valence-electron chi connectivity index (χ2n) is 3.20. The molecule has 1 unspecified atom stereocenters. The predicted octanol–water partition coefficient (Wildman–Crippen LogP) is 0.751. The standard InChI is InChI=1S/C9H14N2OS/c1-7(6-12)5-11-4-2-3-8(11)9(10)13/h2-4,7,12H,5-6H2,1H3,(H2,10,13). The zero-order valence-corrected chi connectivity index (χ0v) is 8.42. The summed E-state index contributed by atoms with van der Waals surface area (Å²) < 4.78 is 1.96. The molecule has 4 heteroatoms. The van der Waals surface area contributed by atoms with Crippen LogP contribution in [0.2, 0.25) is 0 Å². The molecule has 0 aliphatic rings. The number of nitrogens with zero attached hydrogens (tertiary/aromatic N) is 1. The lowest BCUT2D eigenvalue weighted by molar-refractivity contribution is 0.223. The van der Waals surface area contributed by atoms with E-state index in [9.17, 15) is 0 Å². The Morgan fingerprint density at radius 2 is 2.46 bits per heavy atom.